The molecule has 0 radical (unpaired) electrons. The predicted molar refractivity (Wildman–Crippen MR) is 72.0 cm³/mol. The van der Waals surface area contributed by atoms with Crippen molar-refractivity contribution in [2.24, 2.45) is 5.92 Å². The first kappa shape index (κ1) is 16.5. The normalized spacial score (nSPS) is 17.2. The van der Waals surface area contributed by atoms with E-state index in [1.165, 1.54) is 0 Å². The highest BCUT2D eigenvalue weighted by molar-refractivity contribution is 5.85. The number of ether oxygens (including phenoxy) is 1. The van der Waals surface area contributed by atoms with Crippen LogP contribution >= 0.6 is 0 Å². The van der Waals surface area contributed by atoms with E-state index in [0.29, 0.717) is 0 Å². The Morgan fingerprint density at radius 2 is 1.85 bits per heavy atom. The number of carboxylic acids is 1. The Labute approximate surface area is 118 Å². The molecule has 1 unspecified atom stereocenters. The molecule has 1 rings (SSSR count). The van der Waals surface area contributed by atoms with Crippen LogP contribution in [-0.4, -0.2) is 35.6 Å². The first-order valence-electron chi connectivity index (χ1n) is 7.22. The summed E-state index contributed by atoms with van der Waals surface area (Å²) >= 11 is 0. The maximum absolute atomic E-state index is 11.7. The second kappa shape index (κ2) is 8.55. The van der Waals surface area contributed by atoms with Gasteiger partial charge in [-0.15, -0.1) is 0 Å². The van der Waals surface area contributed by atoms with Crippen LogP contribution in [0.4, 0.5) is 0 Å². The number of carboxylic acid groups (broad SMARTS) is 1. The first-order valence-corrected chi connectivity index (χ1v) is 7.22. The SMILES string of the molecule is CCOC(=O)CCC(=O)NC(C(=O)O)C1CCCCC1. The van der Waals surface area contributed by atoms with Crippen LogP contribution in [0.25, 0.3) is 0 Å². The zero-order valence-electron chi connectivity index (χ0n) is 11.9. The maximum Gasteiger partial charge on any atom is 0.326 e. The molecule has 0 aromatic carbocycles. The van der Waals surface area contributed by atoms with Gasteiger partial charge in [0.05, 0.1) is 13.0 Å². The molecule has 20 heavy (non-hydrogen) atoms. The summed E-state index contributed by atoms with van der Waals surface area (Å²) in [5, 5.41) is 11.8. The quantitative estimate of drug-likeness (QED) is 0.691. The number of hydrogen-bond acceptors (Lipinski definition) is 4. The van der Waals surface area contributed by atoms with Gasteiger partial charge in [0.2, 0.25) is 5.91 Å². The minimum atomic E-state index is -0.999. The summed E-state index contributed by atoms with van der Waals surface area (Å²) in [6.45, 7) is 1.97. The van der Waals surface area contributed by atoms with Gasteiger partial charge in [-0.25, -0.2) is 4.79 Å². The minimum absolute atomic E-state index is 0.00667. The third kappa shape index (κ3) is 5.59. The van der Waals surface area contributed by atoms with Crippen LogP contribution in [0.2, 0.25) is 0 Å². The van der Waals surface area contributed by atoms with E-state index in [0.717, 1.165) is 32.1 Å². The van der Waals surface area contributed by atoms with Crippen LogP contribution in [0.1, 0.15) is 51.9 Å². The van der Waals surface area contributed by atoms with E-state index in [9.17, 15) is 19.5 Å². The molecule has 6 nitrogen and oxygen atoms in total. The second-order valence-corrected chi connectivity index (χ2v) is 5.09. The van der Waals surface area contributed by atoms with Crippen LogP contribution in [0.15, 0.2) is 0 Å². The number of carbonyl (C=O) groups is 3. The molecular formula is C14H23NO5. The Hall–Kier alpha value is -1.59. The molecule has 1 aliphatic rings. The smallest absolute Gasteiger partial charge is 0.326 e. The fourth-order valence-electron chi connectivity index (χ4n) is 2.54. The lowest BCUT2D eigenvalue weighted by atomic mass is 9.84. The number of esters is 1. The molecule has 1 fully saturated rings. The molecule has 0 heterocycles. The fourth-order valence-corrected chi connectivity index (χ4v) is 2.54. The largest absolute Gasteiger partial charge is 0.480 e. The van der Waals surface area contributed by atoms with Gasteiger partial charge in [-0.2, -0.15) is 0 Å². The summed E-state index contributed by atoms with van der Waals surface area (Å²) in [7, 11) is 0. The highest BCUT2D eigenvalue weighted by Crippen LogP contribution is 2.26. The van der Waals surface area contributed by atoms with E-state index in [-0.39, 0.29) is 25.4 Å². The Kier molecular flexibility index (Phi) is 7.04. The lowest BCUT2D eigenvalue weighted by Crippen LogP contribution is -2.46. The van der Waals surface area contributed by atoms with Crippen molar-refractivity contribution in [1.29, 1.82) is 0 Å². The van der Waals surface area contributed by atoms with Crippen LogP contribution in [0.5, 0.6) is 0 Å². The van der Waals surface area contributed by atoms with Crippen molar-refractivity contribution < 1.29 is 24.2 Å². The minimum Gasteiger partial charge on any atom is -0.480 e. The molecule has 0 aromatic heterocycles. The van der Waals surface area contributed by atoms with E-state index in [1.807, 2.05) is 0 Å². The first-order chi connectivity index (χ1) is 9.54. The molecule has 114 valence electrons. The summed E-state index contributed by atoms with van der Waals surface area (Å²) in [6.07, 6.45) is 4.75. The number of nitrogens with one attached hydrogen (secondary N) is 1. The van der Waals surface area contributed by atoms with Crippen LogP contribution in [-0.2, 0) is 19.1 Å². The Balaban J connectivity index is 2.42. The summed E-state index contributed by atoms with van der Waals surface area (Å²) < 4.78 is 4.73. The standard InChI is InChI=1S/C14H23NO5/c1-2-20-12(17)9-8-11(16)15-13(14(18)19)10-6-4-3-5-7-10/h10,13H,2-9H2,1H3,(H,15,16)(H,18,19). The van der Waals surface area contributed by atoms with Crippen molar-refractivity contribution in [3.05, 3.63) is 0 Å². The average Bonchev–Trinajstić information content (AvgIpc) is 2.43. The van der Waals surface area contributed by atoms with Gasteiger partial charge in [0.1, 0.15) is 6.04 Å². The molecule has 0 spiro atoms. The van der Waals surface area contributed by atoms with Gasteiger partial charge in [-0.1, -0.05) is 19.3 Å². The lowest BCUT2D eigenvalue weighted by molar-refractivity contribution is -0.145. The highest BCUT2D eigenvalue weighted by Gasteiger charge is 2.30. The van der Waals surface area contributed by atoms with E-state index in [1.54, 1.807) is 6.92 Å². The zero-order valence-corrected chi connectivity index (χ0v) is 11.9. The number of hydrogen-bond donors (Lipinski definition) is 2. The average molecular weight is 285 g/mol. The van der Waals surface area contributed by atoms with Crippen LogP contribution in [0.3, 0.4) is 0 Å². The topological polar surface area (TPSA) is 92.7 Å². The molecular weight excluding hydrogens is 262 g/mol. The van der Waals surface area contributed by atoms with Crippen molar-refractivity contribution in [1.82, 2.24) is 5.32 Å². The van der Waals surface area contributed by atoms with E-state index in [2.05, 4.69) is 5.32 Å². The lowest BCUT2D eigenvalue weighted by Gasteiger charge is -2.28. The second-order valence-electron chi connectivity index (χ2n) is 5.09. The van der Waals surface area contributed by atoms with E-state index >= 15 is 0 Å². The van der Waals surface area contributed by atoms with Crippen molar-refractivity contribution >= 4 is 17.8 Å². The number of amides is 1. The molecule has 0 aliphatic heterocycles. The van der Waals surface area contributed by atoms with Crippen molar-refractivity contribution in [3.8, 4) is 0 Å². The number of carbonyl (C=O) groups excluding carboxylic acids is 2. The molecule has 6 heteroatoms. The summed E-state index contributed by atoms with van der Waals surface area (Å²) in [5.74, 6) is -1.85. The van der Waals surface area contributed by atoms with Gasteiger partial charge in [0, 0.05) is 6.42 Å². The number of rotatable bonds is 7. The number of aliphatic carboxylic acids is 1. The van der Waals surface area contributed by atoms with E-state index < -0.39 is 23.9 Å². The van der Waals surface area contributed by atoms with Crippen LogP contribution < -0.4 is 5.32 Å². The Morgan fingerprint density at radius 3 is 2.40 bits per heavy atom. The molecule has 1 saturated carbocycles. The van der Waals surface area contributed by atoms with Gasteiger partial charge in [-0.05, 0) is 25.7 Å². The predicted octanol–water partition coefficient (Wildman–Crippen LogP) is 1.48. The van der Waals surface area contributed by atoms with Crippen LogP contribution in [0, 0.1) is 5.92 Å². The molecule has 2 N–H and O–H groups in total. The summed E-state index contributed by atoms with van der Waals surface area (Å²) in [6, 6.07) is -0.843. The van der Waals surface area contributed by atoms with Gasteiger partial charge >= 0.3 is 11.9 Å². The van der Waals surface area contributed by atoms with Crippen molar-refractivity contribution in [2.75, 3.05) is 6.61 Å². The molecule has 1 atom stereocenters. The third-order valence-corrected chi connectivity index (χ3v) is 3.57. The highest BCUT2D eigenvalue weighted by atomic mass is 16.5. The Morgan fingerprint density at radius 1 is 1.20 bits per heavy atom. The van der Waals surface area contributed by atoms with E-state index in [4.69, 9.17) is 4.74 Å². The monoisotopic (exact) mass is 285 g/mol. The maximum atomic E-state index is 11.7. The molecule has 0 bridgehead atoms. The van der Waals surface area contributed by atoms with Gasteiger partial charge in [-0.3, -0.25) is 9.59 Å². The summed E-state index contributed by atoms with van der Waals surface area (Å²) in [4.78, 5) is 34.1. The molecule has 0 aromatic rings. The van der Waals surface area contributed by atoms with Crippen molar-refractivity contribution in [2.45, 2.75) is 57.9 Å². The fraction of sp³-hybridized carbons (Fsp3) is 0.786. The van der Waals surface area contributed by atoms with Gasteiger partial charge in [0.25, 0.3) is 0 Å². The third-order valence-electron chi connectivity index (χ3n) is 3.57. The van der Waals surface area contributed by atoms with Gasteiger partial charge < -0.3 is 15.2 Å². The Bertz CT molecular complexity index is 349. The molecule has 1 aliphatic carbocycles. The molecule has 0 saturated heterocycles. The summed E-state index contributed by atoms with van der Waals surface area (Å²) in [5.41, 5.74) is 0. The van der Waals surface area contributed by atoms with Crippen molar-refractivity contribution in [3.63, 3.8) is 0 Å². The van der Waals surface area contributed by atoms with Gasteiger partial charge in [0.15, 0.2) is 0 Å². The molecule has 1 amide bonds. The zero-order chi connectivity index (χ0) is 15.0.